The first-order chi connectivity index (χ1) is 9.11. The molecular formula is C13H14ClN3OS. The summed E-state index contributed by atoms with van der Waals surface area (Å²) in [5.41, 5.74) is 1.27. The number of nitrogens with zero attached hydrogens (tertiary/aromatic N) is 2. The summed E-state index contributed by atoms with van der Waals surface area (Å²) in [6.07, 6.45) is 0.875. The minimum Gasteiger partial charge on any atom is -0.348 e. The number of hydrogen-bond acceptors (Lipinski definition) is 4. The third kappa shape index (κ3) is 3.30. The molecule has 0 fully saturated rings. The monoisotopic (exact) mass is 295 g/mol. The lowest BCUT2D eigenvalue weighted by atomic mass is 10.1. The molecule has 0 unspecified atom stereocenters. The van der Waals surface area contributed by atoms with Gasteiger partial charge in [-0.15, -0.1) is 5.10 Å². The van der Waals surface area contributed by atoms with Gasteiger partial charge in [-0.25, -0.2) is 0 Å². The van der Waals surface area contributed by atoms with E-state index in [4.69, 9.17) is 11.6 Å². The molecule has 6 heteroatoms. The second-order valence-corrected chi connectivity index (χ2v) is 5.43. The third-order valence-electron chi connectivity index (χ3n) is 2.80. The summed E-state index contributed by atoms with van der Waals surface area (Å²) in [5.74, 6) is -0.187. The minimum absolute atomic E-state index is 0.118. The second-order valence-electron chi connectivity index (χ2n) is 4.24. The number of benzene rings is 1. The van der Waals surface area contributed by atoms with Crippen LogP contribution < -0.4 is 5.32 Å². The normalized spacial score (nSPS) is 12.2. The first kappa shape index (κ1) is 14.0. The summed E-state index contributed by atoms with van der Waals surface area (Å²) < 4.78 is 3.87. The lowest BCUT2D eigenvalue weighted by Crippen LogP contribution is -2.32. The number of amides is 1. The smallest absolute Gasteiger partial charge is 0.273 e. The van der Waals surface area contributed by atoms with Gasteiger partial charge in [0.25, 0.3) is 5.91 Å². The topological polar surface area (TPSA) is 54.9 Å². The molecule has 0 aliphatic carbocycles. The van der Waals surface area contributed by atoms with E-state index >= 15 is 0 Å². The fourth-order valence-electron chi connectivity index (χ4n) is 1.52. The van der Waals surface area contributed by atoms with Crippen LogP contribution in [-0.2, 0) is 0 Å². The molecule has 0 bridgehead atoms. The molecule has 2 rings (SSSR count). The van der Waals surface area contributed by atoms with Crippen LogP contribution in [0.25, 0.3) is 10.4 Å². The van der Waals surface area contributed by atoms with Crippen molar-refractivity contribution in [2.24, 2.45) is 0 Å². The number of nitrogens with one attached hydrogen (secondary N) is 1. The number of halogens is 1. The molecular weight excluding hydrogens is 282 g/mol. The number of aromatic nitrogens is 2. The maximum absolute atomic E-state index is 12.1. The molecule has 1 N–H and O–H groups in total. The van der Waals surface area contributed by atoms with Crippen LogP contribution in [0.3, 0.4) is 0 Å². The molecule has 0 radical (unpaired) electrons. The summed E-state index contributed by atoms with van der Waals surface area (Å²) in [7, 11) is 0. The molecule has 1 aromatic heterocycles. The largest absolute Gasteiger partial charge is 0.348 e. The Kier molecular flexibility index (Phi) is 4.50. The first-order valence-electron chi connectivity index (χ1n) is 6.01. The predicted molar refractivity (Wildman–Crippen MR) is 77.6 cm³/mol. The SMILES string of the molecule is CC[C@H](C)NC(=O)c1nnsc1-c1ccc(Cl)cc1. The van der Waals surface area contributed by atoms with E-state index in [0.29, 0.717) is 10.7 Å². The highest BCUT2D eigenvalue weighted by Gasteiger charge is 2.18. The average molecular weight is 296 g/mol. The van der Waals surface area contributed by atoms with Crippen molar-refractivity contribution in [2.45, 2.75) is 26.3 Å². The van der Waals surface area contributed by atoms with Gasteiger partial charge in [-0.1, -0.05) is 35.1 Å². The van der Waals surface area contributed by atoms with Crippen LogP contribution in [0.1, 0.15) is 30.8 Å². The Morgan fingerprint density at radius 3 is 2.74 bits per heavy atom. The van der Waals surface area contributed by atoms with Crippen LogP contribution in [0.4, 0.5) is 0 Å². The van der Waals surface area contributed by atoms with Gasteiger partial charge < -0.3 is 5.32 Å². The first-order valence-corrected chi connectivity index (χ1v) is 7.16. The van der Waals surface area contributed by atoms with Crippen molar-refractivity contribution in [3.63, 3.8) is 0 Å². The molecule has 1 amide bonds. The van der Waals surface area contributed by atoms with Crippen LogP contribution in [-0.4, -0.2) is 21.5 Å². The van der Waals surface area contributed by atoms with E-state index in [1.165, 1.54) is 11.5 Å². The van der Waals surface area contributed by atoms with E-state index < -0.39 is 0 Å². The van der Waals surface area contributed by atoms with Gasteiger partial charge in [-0.2, -0.15) is 0 Å². The van der Waals surface area contributed by atoms with Gasteiger partial charge in [0.1, 0.15) is 0 Å². The molecule has 100 valence electrons. The quantitative estimate of drug-likeness (QED) is 0.940. The minimum atomic E-state index is -0.187. The highest BCUT2D eigenvalue weighted by atomic mass is 35.5. The summed E-state index contributed by atoms with van der Waals surface area (Å²) in [4.78, 5) is 12.9. The zero-order chi connectivity index (χ0) is 13.8. The highest BCUT2D eigenvalue weighted by molar-refractivity contribution is 7.09. The molecule has 19 heavy (non-hydrogen) atoms. The Morgan fingerprint density at radius 2 is 2.11 bits per heavy atom. The molecule has 0 saturated carbocycles. The van der Waals surface area contributed by atoms with Crippen molar-refractivity contribution >= 4 is 29.0 Å². The summed E-state index contributed by atoms with van der Waals surface area (Å²) >= 11 is 7.06. The van der Waals surface area contributed by atoms with E-state index in [2.05, 4.69) is 14.9 Å². The summed E-state index contributed by atoms with van der Waals surface area (Å²) in [6, 6.07) is 7.40. The van der Waals surface area contributed by atoms with Crippen LogP contribution in [0, 0.1) is 0 Å². The van der Waals surface area contributed by atoms with Gasteiger partial charge in [-0.05, 0) is 42.6 Å². The van der Waals surface area contributed by atoms with Crippen molar-refractivity contribution in [3.8, 4) is 10.4 Å². The lowest BCUT2D eigenvalue weighted by Gasteiger charge is -2.10. The van der Waals surface area contributed by atoms with Gasteiger partial charge in [0.15, 0.2) is 5.69 Å². The zero-order valence-electron chi connectivity index (χ0n) is 10.7. The van der Waals surface area contributed by atoms with Crippen molar-refractivity contribution in [1.82, 2.24) is 14.9 Å². The van der Waals surface area contributed by atoms with Crippen LogP contribution in [0.15, 0.2) is 24.3 Å². The van der Waals surface area contributed by atoms with E-state index in [-0.39, 0.29) is 11.9 Å². The van der Waals surface area contributed by atoms with Crippen LogP contribution in [0.2, 0.25) is 5.02 Å². The van der Waals surface area contributed by atoms with Crippen LogP contribution in [0.5, 0.6) is 0 Å². The van der Waals surface area contributed by atoms with Crippen molar-refractivity contribution < 1.29 is 4.79 Å². The molecule has 2 aromatic rings. The number of carbonyl (C=O) groups is 1. The Balaban J connectivity index is 2.27. The van der Waals surface area contributed by atoms with E-state index in [0.717, 1.165) is 16.9 Å². The lowest BCUT2D eigenvalue weighted by molar-refractivity contribution is 0.0935. The fraction of sp³-hybridized carbons (Fsp3) is 0.308. The van der Waals surface area contributed by atoms with Crippen molar-refractivity contribution in [1.29, 1.82) is 0 Å². The number of rotatable bonds is 4. The number of carbonyl (C=O) groups excluding carboxylic acids is 1. The molecule has 4 nitrogen and oxygen atoms in total. The molecule has 0 aliphatic heterocycles. The Bertz CT molecular complexity index is 568. The summed E-state index contributed by atoms with van der Waals surface area (Å²) in [5, 5.41) is 7.48. The third-order valence-corrected chi connectivity index (χ3v) is 3.83. The fourth-order valence-corrected chi connectivity index (χ4v) is 2.32. The van der Waals surface area contributed by atoms with Gasteiger partial charge >= 0.3 is 0 Å². The van der Waals surface area contributed by atoms with E-state index in [1.54, 1.807) is 12.1 Å². The van der Waals surface area contributed by atoms with Gasteiger partial charge in [0.05, 0.1) is 4.88 Å². The Morgan fingerprint density at radius 1 is 1.42 bits per heavy atom. The highest BCUT2D eigenvalue weighted by Crippen LogP contribution is 2.27. The predicted octanol–water partition coefficient (Wildman–Crippen LogP) is 3.39. The molecule has 1 heterocycles. The standard InChI is InChI=1S/C13H14ClN3OS/c1-3-8(2)15-13(18)11-12(19-17-16-11)9-4-6-10(14)7-5-9/h4-8H,3H2,1-2H3,(H,15,18)/t8-/m0/s1. The molecule has 1 atom stereocenters. The molecule has 0 saturated heterocycles. The van der Waals surface area contributed by atoms with Crippen molar-refractivity contribution in [2.75, 3.05) is 0 Å². The Labute approximate surface area is 121 Å². The van der Waals surface area contributed by atoms with E-state index in [9.17, 15) is 4.79 Å². The Hall–Kier alpha value is -1.46. The van der Waals surface area contributed by atoms with E-state index in [1.807, 2.05) is 26.0 Å². The molecule has 0 aliphatic rings. The van der Waals surface area contributed by atoms with Gasteiger partial charge in [-0.3, -0.25) is 4.79 Å². The van der Waals surface area contributed by atoms with Gasteiger partial charge in [0, 0.05) is 11.1 Å². The van der Waals surface area contributed by atoms with Gasteiger partial charge in [0.2, 0.25) is 0 Å². The summed E-state index contributed by atoms with van der Waals surface area (Å²) in [6.45, 7) is 3.98. The number of hydrogen-bond donors (Lipinski definition) is 1. The van der Waals surface area contributed by atoms with Crippen LogP contribution >= 0.6 is 23.1 Å². The maximum atomic E-state index is 12.1. The zero-order valence-corrected chi connectivity index (χ0v) is 12.3. The molecule has 0 spiro atoms. The average Bonchev–Trinajstić information content (AvgIpc) is 2.88. The van der Waals surface area contributed by atoms with Crippen molar-refractivity contribution in [3.05, 3.63) is 35.0 Å². The second kappa shape index (κ2) is 6.12. The maximum Gasteiger partial charge on any atom is 0.273 e. The molecule has 1 aromatic carbocycles.